The first-order valence-electron chi connectivity index (χ1n) is 9.18. The highest BCUT2D eigenvalue weighted by molar-refractivity contribution is 5.77. The standard InChI is InChI=1S/C22H21N3O3/c1-15-11-24-18(12-23-15)13-25-22(26)10-19(16-5-3-2-4-6-16)17-7-8-20-21(9-17)28-14-27-20/h2-9,11-12,19H,10,13-14H2,1H3,(H,25,26)/t19-/m1/s1. The van der Waals surface area contributed by atoms with Crippen molar-refractivity contribution >= 4 is 5.91 Å². The zero-order valence-corrected chi connectivity index (χ0v) is 15.6. The molecule has 0 saturated heterocycles. The molecule has 1 aromatic heterocycles. The molecule has 1 aliphatic rings. The third-order valence-corrected chi connectivity index (χ3v) is 4.69. The molecule has 2 heterocycles. The zero-order valence-electron chi connectivity index (χ0n) is 15.6. The molecule has 0 fully saturated rings. The summed E-state index contributed by atoms with van der Waals surface area (Å²) in [7, 11) is 0. The van der Waals surface area contributed by atoms with E-state index in [2.05, 4.69) is 15.3 Å². The molecule has 0 bridgehead atoms. The molecule has 0 radical (unpaired) electrons. The monoisotopic (exact) mass is 375 g/mol. The molecule has 1 N–H and O–H groups in total. The molecule has 142 valence electrons. The number of rotatable bonds is 6. The average molecular weight is 375 g/mol. The van der Waals surface area contributed by atoms with Gasteiger partial charge in [-0.15, -0.1) is 0 Å². The highest BCUT2D eigenvalue weighted by Gasteiger charge is 2.22. The summed E-state index contributed by atoms with van der Waals surface area (Å²) in [5.41, 5.74) is 3.67. The summed E-state index contributed by atoms with van der Waals surface area (Å²) < 4.78 is 10.9. The van der Waals surface area contributed by atoms with E-state index in [1.54, 1.807) is 12.4 Å². The highest BCUT2D eigenvalue weighted by atomic mass is 16.7. The summed E-state index contributed by atoms with van der Waals surface area (Å²) in [6, 6.07) is 15.8. The van der Waals surface area contributed by atoms with Crippen molar-refractivity contribution in [3.05, 3.63) is 83.4 Å². The molecule has 0 aliphatic carbocycles. The average Bonchev–Trinajstić information content (AvgIpc) is 3.20. The number of carbonyl (C=O) groups excluding carboxylic acids is 1. The Bertz CT molecular complexity index is 959. The molecular formula is C22H21N3O3. The van der Waals surface area contributed by atoms with E-state index in [1.165, 1.54) is 0 Å². The molecule has 1 aliphatic heterocycles. The smallest absolute Gasteiger partial charge is 0.231 e. The van der Waals surface area contributed by atoms with Crippen LogP contribution in [0.15, 0.2) is 60.9 Å². The number of nitrogens with one attached hydrogen (secondary N) is 1. The minimum absolute atomic E-state index is 0.0473. The van der Waals surface area contributed by atoms with Crippen LogP contribution in [0.3, 0.4) is 0 Å². The quantitative estimate of drug-likeness (QED) is 0.715. The summed E-state index contributed by atoms with van der Waals surface area (Å²) in [6.07, 6.45) is 3.70. The molecule has 4 rings (SSSR count). The second-order valence-electron chi connectivity index (χ2n) is 6.71. The zero-order chi connectivity index (χ0) is 19.3. The van der Waals surface area contributed by atoms with Crippen molar-refractivity contribution in [2.75, 3.05) is 6.79 Å². The Balaban J connectivity index is 1.51. The number of carbonyl (C=O) groups is 1. The Hall–Kier alpha value is -3.41. The maximum absolute atomic E-state index is 12.7. The minimum Gasteiger partial charge on any atom is -0.454 e. The summed E-state index contributed by atoms with van der Waals surface area (Å²) in [5, 5.41) is 2.94. The third-order valence-electron chi connectivity index (χ3n) is 4.69. The van der Waals surface area contributed by atoms with Crippen LogP contribution in [-0.4, -0.2) is 22.7 Å². The fraction of sp³-hybridized carbons (Fsp3) is 0.227. The van der Waals surface area contributed by atoms with Crippen LogP contribution >= 0.6 is 0 Å². The number of fused-ring (bicyclic) bond motifs is 1. The van der Waals surface area contributed by atoms with E-state index >= 15 is 0 Å². The van der Waals surface area contributed by atoms with Gasteiger partial charge < -0.3 is 14.8 Å². The lowest BCUT2D eigenvalue weighted by molar-refractivity contribution is -0.121. The maximum Gasteiger partial charge on any atom is 0.231 e. The van der Waals surface area contributed by atoms with Crippen molar-refractivity contribution in [3.63, 3.8) is 0 Å². The van der Waals surface area contributed by atoms with E-state index in [9.17, 15) is 4.79 Å². The van der Waals surface area contributed by atoms with E-state index in [-0.39, 0.29) is 18.6 Å². The Labute approximate surface area is 163 Å². The van der Waals surface area contributed by atoms with Crippen LogP contribution in [0.5, 0.6) is 11.5 Å². The lowest BCUT2D eigenvalue weighted by Gasteiger charge is -2.18. The van der Waals surface area contributed by atoms with Gasteiger partial charge in [0.1, 0.15) is 0 Å². The lowest BCUT2D eigenvalue weighted by Crippen LogP contribution is -2.25. The first-order chi connectivity index (χ1) is 13.7. The van der Waals surface area contributed by atoms with Crippen molar-refractivity contribution < 1.29 is 14.3 Å². The number of amides is 1. The Morgan fingerprint density at radius 2 is 1.86 bits per heavy atom. The van der Waals surface area contributed by atoms with Crippen LogP contribution in [-0.2, 0) is 11.3 Å². The van der Waals surface area contributed by atoms with Gasteiger partial charge in [-0.2, -0.15) is 0 Å². The van der Waals surface area contributed by atoms with Gasteiger partial charge in [-0.25, -0.2) is 0 Å². The van der Waals surface area contributed by atoms with E-state index in [1.807, 2.05) is 55.5 Å². The van der Waals surface area contributed by atoms with Crippen molar-refractivity contribution in [2.24, 2.45) is 0 Å². The van der Waals surface area contributed by atoms with Gasteiger partial charge in [0.25, 0.3) is 0 Å². The number of benzene rings is 2. The molecule has 6 heteroatoms. The number of aryl methyl sites for hydroxylation is 1. The number of hydrogen-bond donors (Lipinski definition) is 1. The van der Waals surface area contributed by atoms with Crippen molar-refractivity contribution in [3.8, 4) is 11.5 Å². The van der Waals surface area contributed by atoms with Crippen molar-refractivity contribution in [2.45, 2.75) is 25.8 Å². The molecule has 1 atom stereocenters. The molecular weight excluding hydrogens is 354 g/mol. The molecule has 0 saturated carbocycles. The summed E-state index contributed by atoms with van der Waals surface area (Å²) in [5.74, 6) is 1.32. The molecule has 1 amide bonds. The molecule has 2 aromatic carbocycles. The fourth-order valence-electron chi connectivity index (χ4n) is 3.20. The third kappa shape index (κ3) is 4.11. The van der Waals surface area contributed by atoms with Gasteiger partial charge in [0, 0.05) is 18.5 Å². The molecule has 6 nitrogen and oxygen atoms in total. The maximum atomic E-state index is 12.7. The summed E-state index contributed by atoms with van der Waals surface area (Å²) >= 11 is 0. The molecule has 0 spiro atoms. The van der Waals surface area contributed by atoms with E-state index in [4.69, 9.17) is 9.47 Å². The summed E-state index contributed by atoms with van der Waals surface area (Å²) in [4.78, 5) is 21.1. The van der Waals surface area contributed by atoms with Gasteiger partial charge in [-0.1, -0.05) is 36.4 Å². The van der Waals surface area contributed by atoms with Gasteiger partial charge in [-0.05, 0) is 30.2 Å². The van der Waals surface area contributed by atoms with Crippen LogP contribution in [0.2, 0.25) is 0 Å². The Morgan fingerprint density at radius 1 is 1.04 bits per heavy atom. The van der Waals surface area contributed by atoms with Gasteiger partial charge in [-0.3, -0.25) is 14.8 Å². The topological polar surface area (TPSA) is 73.3 Å². The van der Waals surface area contributed by atoms with Crippen LogP contribution in [0.1, 0.15) is 34.9 Å². The van der Waals surface area contributed by atoms with Crippen molar-refractivity contribution in [1.29, 1.82) is 0 Å². The van der Waals surface area contributed by atoms with Gasteiger partial charge in [0.05, 0.1) is 24.1 Å². The first-order valence-corrected chi connectivity index (χ1v) is 9.18. The Morgan fingerprint density at radius 3 is 2.64 bits per heavy atom. The number of nitrogens with zero attached hydrogens (tertiary/aromatic N) is 2. The largest absolute Gasteiger partial charge is 0.454 e. The van der Waals surface area contributed by atoms with Gasteiger partial charge in [0.15, 0.2) is 11.5 Å². The van der Waals surface area contributed by atoms with Crippen LogP contribution in [0.25, 0.3) is 0 Å². The second-order valence-corrected chi connectivity index (χ2v) is 6.71. The Kier molecular flexibility index (Phi) is 5.19. The van der Waals surface area contributed by atoms with E-state index in [0.29, 0.717) is 18.7 Å². The van der Waals surface area contributed by atoms with Gasteiger partial charge in [0.2, 0.25) is 12.7 Å². The molecule has 28 heavy (non-hydrogen) atoms. The normalized spacial score (nSPS) is 13.2. The van der Waals surface area contributed by atoms with E-state index < -0.39 is 0 Å². The fourth-order valence-corrected chi connectivity index (χ4v) is 3.20. The summed E-state index contributed by atoms with van der Waals surface area (Å²) in [6.45, 7) is 2.47. The predicted molar refractivity (Wildman–Crippen MR) is 104 cm³/mol. The first kappa shape index (κ1) is 18.0. The van der Waals surface area contributed by atoms with Crippen molar-refractivity contribution in [1.82, 2.24) is 15.3 Å². The highest BCUT2D eigenvalue weighted by Crippen LogP contribution is 2.37. The van der Waals surface area contributed by atoms with Crippen LogP contribution in [0, 0.1) is 6.92 Å². The molecule has 0 unspecified atom stereocenters. The molecule has 3 aromatic rings. The van der Waals surface area contributed by atoms with Crippen LogP contribution < -0.4 is 14.8 Å². The SMILES string of the molecule is Cc1cnc(CNC(=O)C[C@H](c2ccccc2)c2ccc3c(c2)OCO3)cn1. The van der Waals surface area contributed by atoms with E-state index in [0.717, 1.165) is 28.3 Å². The van der Waals surface area contributed by atoms with Gasteiger partial charge >= 0.3 is 0 Å². The second kappa shape index (κ2) is 8.08. The lowest BCUT2D eigenvalue weighted by atomic mass is 9.88. The predicted octanol–water partition coefficient (Wildman–Crippen LogP) is 3.35. The minimum atomic E-state index is -0.0835. The number of ether oxygens (including phenoxy) is 2. The number of aromatic nitrogens is 2. The number of hydrogen-bond acceptors (Lipinski definition) is 5. The van der Waals surface area contributed by atoms with Crippen LogP contribution in [0.4, 0.5) is 0 Å².